The highest BCUT2D eigenvalue weighted by molar-refractivity contribution is 14.1. The van der Waals surface area contributed by atoms with Gasteiger partial charge in [-0.15, -0.1) is 11.6 Å². The molecule has 0 fully saturated rings. The molecule has 0 N–H and O–H groups in total. The van der Waals surface area contributed by atoms with E-state index >= 15 is 0 Å². The van der Waals surface area contributed by atoms with Gasteiger partial charge in [0.25, 0.3) is 0 Å². The van der Waals surface area contributed by atoms with Crippen LogP contribution in [0.25, 0.3) is 0 Å². The Morgan fingerprint density at radius 3 is 2.58 bits per heavy atom. The standard InChI is InChI=1S/C8H7ClI2O/c1-12-7-3-6(10)2-5(4-9)8(7)11/h2-3H,4H2,1H3. The van der Waals surface area contributed by atoms with Crippen molar-refractivity contribution in [3.05, 3.63) is 24.8 Å². The lowest BCUT2D eigenvalue weighted by molar-refractivity contribution is 0.411. The molecule has 0 aromatic heterocycles. The van der Waals surface area contributed by atoms with Crippen molar-refractivity contribution in [3.63, 3.8) is 0 Å². The second-order valence-electron chi connectivity index (χ2n) is 2.21. The fourth-order valence-electron chi connectivity index (χ4n) is 0.864. The lowest BCUT2D eigenvalue weighted by Gasteiger charge is -2.07. The first-order chi connectivity index (χ1) is 5.69. The zero-order valence-corrected chi connectivity index (χ0v) is 11.5. The van der Waals surface area contributed by atoms with Crippen LogP contribution < -0.4 is 4.74 Å². The Labute approximate surface area is 104 Å². The molecule has 1 aromatic rings. The third-order valence-corrected chi connectivity index (χ3v) is 3.58. The van der Waals surface area contributed by atoms with Crippen LogP contribution in [0.3, 0.4) is 0 Å². The van der Waals surface area contributed by atoms with Crippen LogP contribution in [-0.4, -0.2) is 7.11 Å². The highest BCUT2D eigenvalue weighted by Crippen LogP contribution is 2.28. The lowest BCUT2D eigenvalue weighted by atomic mass is 10.2. The van der Waals surface area contributed by atoms with Gasteiger partial charge in [0.1, 0.15) is 5.75 Å². The van der Waals surface area contributed by atoms with E-state index < -0.39 is 0 Å². The zero-order chi connectivity index (χ0) is 9.14. The third-order valence-electron chi connectivity index (χ3n) is 1.44. The Morgan fingerprint density at radius 2 is 2.08 bits per heavy atom. The van der Waals surface area contributed by atoms with E-state index in [1.807, 2.05) is 6.07 Å². The van der Waals surface area contributed by atoms with Gasteiger partial charge >= 0.3 is 0 Å². The van der Waals surface area contributed by atoms with Crippen LogP contribution in [-0.2, 0) is 5.88 Å². The van der Waals surface area contributed by atoms with Gasteiger partial charge in [0, 0.05) is 9.45 Å². The number of ether oxygens (including phenoxy) is 1. The van der Waals surface area contributed by atoms with E-state index in [9.17, 15) is 0 Å². The molecule has 0 spiro atoms. The van der Waals surface area contributed by atoms with Crippen molar-refractivity contribution in [3.8, 4) is 5.75 Å². The molecule has 1 nitrogen and oxygen atoms in total. The molecule has 0 amide bonds. The van der Waals surface area contributed by atoms with E-state index in [1.54, 1.807) is 7.11 Å². The molecule has 0 aliphatic carbocycles. The van der Waals surface area contributed by atoms with Gasteiger partial charge < -0.3 is 4.74 Å². The van der Waals surface area contributed by atoms with Gasteiger partial charge in [-0.1, -0.05) is 0 Å². The first-order valence-corrected chi connectivity index (χ1v) is 5.96. The zero-order valence-electron chi connectivity index (χ0n) is 6.40. The maximum atomic E-state index is 5.77. The number of alkyl halides is 1. The topological polar surface area (TPSA) is 9.23 Å². The molecule has 0 radical (unpaired) electrons. The summed E-state index contributed by atoms with van der Waals surface area (Å²) in [4.78, 5) is 0. The highest BCUT2D eigenvalue weighted by atomic mass is 127. The second kappa shape index (κ2) is 4.85. The molecule has 0 aliphatic heterocycles. The van der Waals surface area contributed by atoms with E-state index in [0.717, 1.165) is 18.5 Å². The van der Waals surface area contributed by atoms with Crippen molar-refractivity contribution >= 4 is 56.8 Å². The third kappa shape index (κ3) is 2.38. The fraction of sp³-hybridized carbons (Fsp3) is 0.250. The number of methoxy groups -OCH3 is 1. The smallest absolute Gasteiger partial charge is 0.133 e. The van der Waals surface area contributed by atoms with E-state index in [2.05, 4.69) is 51.2 Å². The van der Waals surface area contributed by atoms with Crippen molar-refractivity contribution in [2.24, 2.45) is 0 Å². The number of benzene rings is 1. The fourth-order valence-corrected chi connectivity index (χ4v) is 2.68. The van der Waals surface area contributed by atoms with Gasteiger partial charge in [-0.05, 0) is 62.9 Å². The predicted octanol–water partition coefficient (Wildman–Crippen LogP) is 3.64. The van der Waals surface area contributed by atoms with Crippen molar-refractivity contribution in [1.82, 2.24) is 0 Å². The Bertz CT molecular complexity index is 263. The summed E-state index contributed by atoms with van der Waals surface area (Å²) < 4.78 is 7.45. The van der Waals surface area contributed by atoms with Gasteiger partial charge in [0.2, 0.25) is 0 Å². The van der Waals surface area contributed by atoms with Gasteiger partial charge in [0.15, 0.2) is 0 Å². The number of hydrogen-bond donors (Lipinski definition) is 0. The Balaban J connectivity index is 3.22. The average Bonchev–Trinajstić information content (AvgIpc) is 2.08. The van der Waals surface area contributed by atoms with E-state index in [-0.39, 0.29) is 0 Å². The van der Waals surface area contributed by atoms with Crippen molar-refractivity contribution in [2.75, 3.05) is 7.11 Å². The molecule has 0 bridgehead atoms. The van der Waals surface area contributed by atoms with Gasteiger partial charge in [-0.3, -0.25) is 0 Å². The first kappa shape index (κ1) is 10.8. The molecule has 0 aliphatic rings. The average molecular weight is 408 g/mol. The Kier molecular flexibility index (Phi) is 4.39. The van der Waals surface area contributed by atoms with Crippen molar-refractivity contribution in [1.29, 1.82) is 0 Å². The summed E-state index contributed by atoms with van der Waals surface area (Å²) in [6.07, 6.45) is 0. The Morgan fingerprint density at radius 1 is 1.42 bits per heavy atom. The predicted molar refractivity (Wildman–Crippen MR) is 68.0 cm³/mol. The minimum atomic E-state index is 0.533. The molecule has 0 unspecified atom stereocenters. The summed E-state index contributed by atoms with van der Waals surface area (Å²) in [6.45, 7) is 0. The number of hydrogen-bond acceptors (Lipinski definition) is 1. The maximum absolute atomic E-state index is 5.77. The van der Waals surface area contributed by atoms with Gasteiger partial charge in [0.05, 0.1) is 10.7 Å². The molecule has 0 heterocycles. The molecule has 0 atom stereocenters. The summed E-state index contributed by atoms with van der Waals surface area (Å²) in [5, 5.41) is 0. The number of rotatable bonds is 2. The van der Waals surface area contributed by atoms with Crippen LogP contribution in [0.5, 0.6) is 5.75 Å². The summed E-state index contributed by atoms with van der Waals surface area (Å²) in [5.41, 5.74) is 1.13. The quantitative estimate of drug-likeness (QED) is 0.536. The van der Waals surface area contributed by atoms with Crippen LogP contribution in [0.15, 0.2) is 12.1 Å². The molecule has 0 saturated carbocycles. The Hall–Kier alpha value is 0.770. The number of halogens is 3. The molecular weight excluding hydrogens is 401 g/mol. The van der Waals surface area contributed by atoms with Crippen molar-refractivity contribution in [2.45, 2.75) is 5.88 Å². The maximum Gasteiger partial charge on any atom is 0.133 e. The summed E-state index contributed by atoms with van der Waals surface area (Å²) in [5.74, 6) is 1.43. The van der Waals surface area contributed by atoms with Gasteiger partial charge in [-0.2, -0.15) is 0 Å². The lowest BCUT2D eigenvalue weighted by Crippen LogP contribution is -1.92. The summed E-state index contributed by atoms with van der Waals surface area (Å²) in [7, 11) is 1.67. The summed E-state index contributed by atoms with van der Waals surface area (Å²) >= 11 is 10.3. The van der Waals surface area contributed by atoms with E-state index in [0.29, 0.717) is 5.88 Å². The van der Waals surface area contributed by atoms with Crippen LogP contribution in [0.2, 0.25) is 0 Å². The molecule has 66 valence electrons. The molecule has 0 saturated heterocycles. The highest BCUT2D eigenvalue weighted by Gasteiger charge is 2.06. The molecule has 12 heavy (non-hydrogen) atoms. The normalized spacial score (nSPS) is 10.0. The minimum absolute atomic E-state index is 0.533. The first-order valence-electron chi connectivity index (χ1n) is 3.27. The monoisotopic (exact) mass is 408 g/mol. The van der Waals surface area contributed by atoms with Crippen LogP contribution in [0.1, 0.15) is 5.56 Å². The van der Waals surface area contributed by atoms with Crippen LogP contribution >= 0.6 is 56.8 Å². The van der Waals surface area contributed by atoms with E-state index in [1.165, 1.54) is 0 Å². The summed E-state index contributed by atoms with van der Waals surface area (Å²) in [6, 6.07) is 4.07. The van der Waals surface area contributed by atoms with Crippen LogP contribution in [0, 0.1) is 7.14 Å². The molecule has 1 rings (SSSR count). The largest absolute Gasteiger partial charge is 0.496 e. The second-order valence-corrected chi connectivity index (χ2v) is 4.81. The SMILES string of the molecule is COc1cc(I)cc(CCl)c1I. The molecular formula is C8H7ClI2O. The van der Waals surface area contributed by atoms with Gasteiger partial charge in [-0.25, -0.2) is 0 Å². The molecule has 1 aromatic carbocycles. The van der Waals surface area contributed by atoms with Crippen LogP contribution in [0.4, 0.5) is 0 Å². The van der Waals surface area contributed by atoms with E-state index in [4.69, 9.17) is 16.3 Å². The van der Waals surface area contributed by atoms with Crippen molar-refractivity contribution < 1.29 is 4.74 Å². The minimum Gasteiger partial charge on any atom is -0.496 e. The molecule has 4 heteroatoms.